The van der Waals surface area contributed by atoms with Crippen molar-refractivity contribution in [2.45, 2.75) is 13.5 Å². The number of esters is 1. The van der Waals surface area contributed by atoms with E-state index in [0.717, 1.165) is 6.07 Å². The Hall–Kier alpha value is -3.23. The molecule has 0 saturated carbocycles. The van der Waals surface area contributed by atoms with Crippen LogP contribution >= 0.6 is 0 Å². The molecule has 0 saturated heterocycles. The summed E-state index contributed by atoms with van der Waals surface area (Å²) in [7, 11) is 0. The molecule has 22 heavy (non-hydrogen) atoms. The van der Waals surface area contributed by atoms with E-state index in [9.17, 15) is 19.7 Å². The van der Waals surface area contributed by atoms with Gasteiger partial charge in [0.1, 0.15) is 6.61 Å². The fourth-order valence-corrected chi connectivity index (χ4v) is 1.68. The van der Waals surface area contributed by atoms with Crippen LogP contribution in [-0.2, 0) is 11.3 Å². The van der Waals surface area contributed by atoms with Gasteiger partial charge in [-0.05, 0) is 19.1 Å². The number of nitrogens with two attached hydrogens (primary N) is 1. The largest absolute Gasteiger partial charge is 0.455 e. The maximum absolute atomic E-state index is 11.7. The van der Waals surface area contributed by atoms with Crippen molar-refractivity contribution in [2.75, 3.05) is 0 Å². The predicted molar refractivity (Wildman–Crippen MR) is 72.0 cm³/mol. The van der Waals surface area contributed by atoms with Gasteiger partial charge in [-0.3, -0.25) is 14.9 Å². The number of primary amides is 1. The van der Waals surface area contributed by atoms with Gasteiger partial charge in [-0.2, -0.15) is 0 Å². The lowest BCUT2D eigenvalue weighted by molar-refractivity contribution is -0.385. The molecule has 1 aromatic carbocycles. The molecule has 0 atom stereocenters. The minimum atomic E-state index is -0.797. The normalized spacial score (nSPS) is 10.2. The standard InChI is InChI=1S/C13H11N3O6/c1-7-4-11(22-15-7)13(18)21-6-9-3-2-8(12(14)17)5-10(9)16(19)20/h2-5H,6H2,1H3,(H2,14,17). The fourth-order valence-electron chi connectivity index (χ4n) is 1.68. The molecule has 9 nitrogen and oxygen atoms in total. The first-order valence-electron chi connectivity index (χ1n) is 6.06. The molecule has 1 aromatic heterocycles. The van der Waals surface area contributed by atoms with Crippen LogP contribution in [0.15, 0.2) is 28.8 Å². The number of hydrogen-bond donors (Lipinski definition) is 1. The Morgan fingerprint density at radius 2 is 2.14 bits per heavy atom. The zero-order valence-corrected chi connectivity index (χ0v) is 11.4. The van der Waals surface area contributed by atoms with Gasteiger partial charge in [0.05, 0.1) is 16.2 Å². The molecule has 0 fully saturated rings. The van der Waals surface area contributed by atoms with Crippen LogP contribution in [0.2, 0.25) is 0 Å². The monoisotopic (exact) mass is 305 g/mol. The second-order valence-electron chi connectivity index (χ2n) is 4.37. The van der Waals surface area contributed by atoms with E-state index in [1.807, 2.05) is 0 Å². The van der Waals surface area contributed by atoms with Gasteiger partial charge in [-0.25, -0.2) is 4.79 Å². The topological polar surface area (TPSA) is 139 Å². The van der Waals surface area contributed by atoms with Crippen molar-refractivity contribution in [2.24, 2.45) is 5.73 Å². The van der Waals surface area contributed by atoms with Crippen LogP contribution in [0.3, 0.4) is 0 Å². The molecule has 0 aliphatic heterocycles. The smallest absolute Gasteiger partial charge is 0.377 e. The van der Waals surface area contributed by atoms with Gasteiger partial charge in [-0.1, -0.05) is 5.16 Å². The van der Waals surface area contributed by atoms with Crippen molar-refractivity contribution in [1.29, 1.82) is 0 Å². The highest BCUT2D eigenvalue weighted by molar-refractivity contribution is 5.93. The molecular weight excluding hydrogens is 294 g/mol. The summed E-state index contributed by atoms with van der Waals surface area (Å²) in [4.78, 5) is 33.0. The Morgan fingerprint density at radius 3 is 2.68 bits per heavy atom. The number of nitrogens with zero attached hydrogens (tertiary/aromatic N) is 2. The molecule has 2 rings (SSSR count). The molecule has 0 unspecified atom stereocenters. The number of rotatable bonds is 5. The van der Waals surface area contributed by atoms with Crippen LogP contribution in [-0.4, -0.2) is 22.0 Å². The minimum Gasteiger partial charge on any atom is -0.455 e. The van der Waals surface area contributed by atoms with Crippen LogP contribution < -0.4 is 5.73 Å². The molecule has 0 spiro atoms. The number of benzene rings is 1. The summed E-state index contributed by atoms with van der Waals surface area (Å²) in [6.45, 7) is 1.28. The molecule has 0 radical (unpaired) electrons. The van der Waals surface area contributed by atoms with Crippen LogP contribution in [0.5, 0.6) is 0 Å². The Morgan fingerprint density at radius 1 is 1.41 bits per heavy atom. The Balaban J connectivity index is 2.17. The van der Waals surface area contributed by atoms with E-state index in [-0.39, 0.29) is 29.2 Å². The van der Waals surface area contributed by atoms with Crippen LogP contribution in [0.1, 0.15) is 32.2 Å². The second-order valence-corrected chi connectivity index (χ2v) is 4.37. The predicted octanol–water partition coefficient (Wildman–Crippen LogP) is 1.35. The van der Waals surface area contributed by atoms with Crippen LogP contribution in [0.4, 0.5) is 5.69 Å². The van der Waals surface area contributed by atoms with Gasteiger partial charge in [-0.15, -0.1) is 0 Å². The van der Waals surface area contributed by atoms with Gasteiger partial charge < -0.3 is 15.0 Å². The van der Waals surface area contributed by atoms with Crippen molar-refractivity contribution in [3.05, 3.63) is 57.0 Å². The lowest BCUT2D eigenvalue weighted by Gasteiger charge is -2.05. The molecule has 0 aliphatic rings. The summed E-state index contributed by atoms with van der Waals surface area (Å²) in [5.74, 6) is -1.69. The molecule has 2 N–H and O–H groups in total. The maximum Gasteiger partial charge on any atom is 0.377 e. The molecule has 1 heterocycles. The van der Waals surface area contributed by atoms with Crippen molar-refractivity contribution >= 4 is 17.6 Å². The van der Waals surface area contributed by atoms with E-state index < -0.39 is 16.8 Å². The highest BCUT2D eigenvalue weighted by Gasteiger charge is 2.19. The first-order valence-corrected chi connectivity index (χ1v) is 6.06. The summed E-state index contributed by atoms with van der Waals surface area (Å²) in [5.41, 5.74) is 5.33. The van der Waals surface area contributed by atoms with Gasteiger partial charge >= 0.3 is 5.97 Å². The molecule has 1 amide bonds. The second kappa shape index (κ2) is 6.04. The van der Waals surface area contributed by atoms with Crippen molar-refractivity contribution in [1.82, 2.24) is 5.16 Å². The third kappa shape index (κ3) is 3.26. The van der Waals surface area contributed by atoms with Crippen LogP contribution in [0.25, 0.3) is 0 Å². The third-order valence-electron chi connectivity index (χ3n) is 2.75. The number of hydrogen-bond acceptors (Lipinski definition) is 7. The Labute approximate surface area is 123 Å². The summed E-state index contributed by atoms with van der Waals surface area (Å²) in [5, 5.41) is 14.5. The van der Waals surface area contributed by atoms with E-state index in [2.05, 4.69) is 5.16 Å². The van der Waals surface area contributed by atoms with E-state index in [1.54, 1.807) is 6.92 Å². The number of nitro groups is 1. The molecule has 114 valence electrons. The average molecular weight is 305 g/mol. The van der Waals surface area contributed by atoms with Crippen LogP contribution in [0, 0.1) is 17.0 Å². The highest BCUT2D eigenvalue weighted by Crippen LogP contribution is 2.21. The number of aromatic nitrogens is 1. The van der Waals surface area contributed by atoms with Crippen molar-refractivity contribution in [3.8, 4) is 0 Å². The SMILES string of the molecule is Cc1cc(C(=O)OCc2ccc(C(N)=O)cc2[N+](=O)[O-])on1. The maximum atomic E-state index is 11.7. The molecule has 0 bridgehead atoms. The molecule has 0 aliphatic carbocycles. The summed E-state index contributed by atoms with van der Waals surface area (Å²) in [6.07, 6.45) is 0. The third-order valence-corrected chi connectivity index (χ3v) is 2.75. The highest BCUT2D eigenvalue weighted by atomic mass is 16.6. The van der Waals surface area contributed by atoms with E-state index in [0.29, 0.717) is 5.69 Å². The zero-order chi connectivity index (χ0) is 16.3. The number of carbonyl (C=O) groups is 2. The van der Waals surface area contributed by atoms with E-state index in [4.69, 9.17) is 15.0 Å². The van der Waals surface area contributed by atoms with Gasteiger partial charge in [0.15, 0.2) is 0 Å². The summed E-state index contributed by atoms with van der Waals surface area (Å²) < 4.78 is 9.65. The molecular formula is C13H11N3O6. The number of aryl methyl sites for hydroxylation is 1. The Bertz CT molecular complexity index is 752. The number of carbonyl (C=O) groups excluding carboxylic acids is 2. The summed E-state index contributed by atoms with van der Waals surface area (Å²) >= 11 is 0. The number of nitro benzene ring substituents is 1. The lowest BCUT2D eigenvalue weighted by atomic mass is 10.1. The summed E-state index contributed by atoms with van der Waals surface area (Å²) in [6, 6.07) is 5.03. The minimum absolute atomic E-state index is 0.00682. The number of ether oxygens (including phenoxy) is 1. The number of amides is 1. The van der Waals surface area contributed by atoms with Gasteiger partial charge in [0.2, 0.25) is 11.7 Å². The van der Waals surface area contributed by atoms with E-state index >= 15 is 0 Å². The van der Waals surface area contributed by atoms with Gasteiger partial charge in [0, 0.05) is 17.7 Å². The van der Waals surface area contributed by atoms with E-state index in [1.165, 1.54) is 18.2 Å². The first-order chi connectivity index (χ1) is 10.4. The fraction of sp³-hybridized carbons (Fsp3) is 0.154. The van der Waals surface area contributed by atoms with Crippen molar-refractivity contribution < 1.29 is 23.8 Å². The van der Waals surface area contributed by atoms with Crippen molar-refractivity contribution in [3.63, 3.8) is 0 Å². The zero-order valence-electron chi connectivity index (χ0n) is 11.4. The average Bonchev–Trinajstić information content (AvgIpc) is 2.91. The Kier molecular flexibility index (Phi) is 4.16. The first kappa shape index (κ1) is 15.2. The molecule has 2 aromatic rings. The lowest BCUT2D eigenvalue weighted by Crippen LogP contribution is -2.12. The quantitative estimate of drug-likeness (QED) is 0.499. The van der Waals surface area contributed by atoms with Gasteiger partial charge in [0.25, 0.3) is 5.69 Å². The molecule has 9 heteroatoms.